The van der Waals surface area contributed by atoms with Crippen molar-refractivity contribution in [1.82, 2.24) is 0 Å². The average Bonchev–Trinajstić information content (AvgIpc) is 1.94. The minimum Gasteiger partial charge on any atom is -0.492 e. The van der Waals surface area contributed by atoms with Crippen LogP contribution in [0.1, 0.15) is 33.6 Å². The zero-order chi connectivity index (χ0) is 8.43. The van der Waals surface area contributed by atoms with Gasteiger partial charge >= 0.3 is 0 Å². The predicted molar refractivity (Wildman–Crippen MR) is 43.1 cm³/mol. The number of alkyl halides is 1. The third-order valence-electron chi connectivity index (χ3n) is 2.04. The van der Waals surface area contributed by atoms with Crippen molar-refractivity contribution in [2.24, 2.45) is 0 Å². The summed E-state index contributed by atoms with van der Waals surface area (Å²) < 4.78 is 18.2. The zero-order valence-corrected chi connectivity index (χ0v) is 7.36. The molecule has 1 rings (SSSR count). The highest BCUT2D eigenvalue weighted by Crippen LogP contribution is 2.26. The molecule has 0 N–H and O–H groups in total. The molecule has 2 atom stereocenters. The summed E-state index contributed by atoms with van der Waals surface area (Å²) in [5, 5.41) is 0. The van der Waals surface area contributed by atoms with E-state index in [1.165, 1.54) is 6.92 Å². The van der Waals surface area contributed by atoms with Crippen molar-refractivity contribution in [2.45, 2.75) is 45.9 Å². The van der Waals surface area contributed by atoms with E-state index in [9.17, 15) is 4.39 Å². The molecule has 1 heterocycles. The fourth-order valence-corrected chi connectivity index (χ4v) is 1.35. The van der Waals surface area contributed by atoms with E-state index < -0.39 is 6.17 Å². The Hall–Kier alpha value is -0.530. The molecule has 0 bridgehead atoms. The van der Waals surface area contributed by atoms with E-state index in [1.54, 1.807) is 0 Å². The smallest absolute Gasteiger partial charge is 0.154 e. The Morgan fingerprint density at radius 2 is 2.27 bits per heavy atom. The van der Waals surface area contributed by atoms with Gasteiger partial charge in [0.2, 0.25) is 0 Å². The molecule has 0 aromatic carbocycles. The molecule has 2 unspecified atom stereocenters. The van der Waals surface area contributed by atoms with Gasteiger partial charge in [0.1, 0.15) is 5.76 Å². The van der Waals surface area contributed by atoms with Crippen LogP contribution in [0, 0.1) is 0 Å². The van der Waals surface area contributed by atoms with Crippen LogP contribution in [0.4, 0.5) is 4.39 Å². The van der Waals surface area contributed by atoms with Gasteiger partial charge in [0.05, 0.1) is 6.10 Å². The van der Waals surface area contributed by atoms with Gasteiger partial charge in [-0.05, 0) is 39.2 Å². The van der Waals surface area contributed by atoms with Gasteiger partial charge in [-0.25, -0.2) is 4.39 Å². The molecule has 2 heteroatoms. The standard InChI is InChI=1S/C9H15FO/c1-6-4-5-7(2)11-9(6)8(3)10/h7-8H,4-5H2,1-3H3. The number of hydrogen-bond acceptors (Lipinski definition) is 1. The number of halogens is 1. The van der Waals surface area contributed by atoms with Crippen molar-refractivity contribution >= 4 is 0 Å². The quantitative estimate of drug-likeness (QED) is 0.570. The largest absolute Gasteiger partial charge is 0.492 e. The van der Waals surface area contributed by atoms with E-state index in [2.05, 4.69) is 0 Å². The second-order valence-corrected chi connectivity index (χ2v) is 3.23. The van der Waals surface area contributed by atoms with Crippen LogP contribution in [0.2, 0.25) is 0 Å². The Balaban J connectivity index is 2.71. The highest BCUT2D eigenvalue weighted by Gasteiger charge is 2.20. The second kappa shape index (κ2) is 3.24. The topological polar surface area (TPSA) is 9.23 Å². The van der Waals surface area contributed by atoms with E-state index >= 15 is 0 Å². The third-order valence-corrected chi connectivity index (χ3v) is 2.04. The molecule has 11 heavy (non-hydrogen) atoms. The van der Waals surface area contributed by atoms with Crippen LogP contribution in [-0.2, 0) is 4.74 Å². The number of rotatable bonds is 1. The minimum atomic E-state index is -0.947. The minimum absolute atomic E-state index is 0.187. The lowest BCUT2D eigenvalue weighted by molar-refractivity contribution is 0.0748. The molecular formula is C9H15FO. The van der Waals surface area contributed by atoms with Crippen molar-refractivity contribution < 1.29 is 9.13 Å². The molecule has 0 fully saturated rings. The van der Waals surface area contributed by atoms with E-state index in [0.29, 0.717) is 5.76 Å². The van der Waals surface area contributed by atoms with E-state index in [-0.39, 0.29) is 6.10 Å². The van der Waals surface area contributed by atoms with E-state index in [0.717, 1.165) is 18.4 Å². The number of allylic oxidation sites excluding steroid dienone is 2. The van der Waals surface area contributed by atoms with Crippen molar-refractivity contribution in [3.8, 4) is 0 Å². The summed E-state index contributed by atoms with van der Waals surface area (Å²) in [5.41, 5.74) is 1.07. The van der Waals surface area contributed by atoms with Crippen LogP contribution in [0.15, 0.2) is 11.3 Å². The second-order valence-electron chi connectivity index (χ2n) is 3.23. The summed E-state index contributed by atoms with van der Waals surface area (Å²) in [6.45, 7) is 5.45. The van der Waals surface area contributed by atoms with Crippen molar-refractivity contribution in [3.05, 3.63) is 11.3 Å². The van der Waals surface area contributed by atoms with Crippen LogP contribution in [-0.4, -0.2) is 12.3 Å². The summed E-state index contributed by atoms with van der Waals surface area (Å²) in [4.78, 5) is 0. The first-order valence-electron chi connectivity index (χ1n) is 4.11. The normalized spacial score (nSPS) is 28.2. The first-order chi connectivity index (χ1) is 5.11. The maximum absolute atomic E-state index is 12.8. The summed E-state index contributed by atoms with van der Waals surface area (Å²) in [6, 6.07) is 0. The lowest BCUT2D eigenvalue weighted by atomic mass is 10.0. The first-order valence-corrected chi connectivity index (χ1v) is 4.11. The molecule has 0 radical (unpaired) electrons. The first kappa shape index (κ1) is 8.57. The SMILES string of the molecule is CC1=C(C(C)F)OC(C)CC1. The van der Waals surface area contributed by atoms with Gasteiger partial charge in [0.15, 0.2) is 6.17 Å². The average molecular weight is 158 g/mol. The molecule has 0 saturated carbocycles. The fraction of sp³-hybridized carbons (Fsp3) is 0.778. The molecule has 0 spiro atoms. The van der Waals surface area contributed by atoms with Gasteiger partial charge in [-0.2, -0.15) is 0 Å². The molecule has 1 aliphatic heterocycles. The Kier molecular flexibility index (Phi) is 2.53. The maximum Gasteiger partial charge on any atom is 0.154 e. The molecule has 1 aliphatic rings. The Morgan fingerprint density at radius 1 is 1.64 bits per heavy atom. The number of ether oxygens (including phenoxy) is 1. The lowest BCUT2D eigenvalue weighted by Crippen LogP contribution is -2.19. The summed E-state index contributed by atoms with van der Waals surface area (Å²) in [5.74, 6) is 0.559. The van der Waals surface area contributed by atoms with Crippen molar-refractivity contribution in [2.75, 3.05) is 0 Å². The fourth-order valence-electron chi connectivity index (χ4n) is 1.35. The lowest BCUT2D eigenvalue weighted by Gasteiger charge is -2.25. The molecule has 0 aromatic rings. The van der Waals surface area contributed by atoms with Crippen molar-refractivity contribution in [1.29, 1.82) is 0 Å². The molecular weight excluding hydrogens is 143 g/mol. The third kappa shape index (κ3) is 1.95. The van der Waals surface area contributed by atoms with Crippen LogP contribution in [0.3, 0.4) is 0 Å². The molecule has 0 saturated heterocycles. The molecule has 0 aromatic heterocycles. The molecule has 0 amide bonds. The summed E-state index contributed by atoms with van der Waals surface area (Å²) >= 11 is 0. The highest BCUT2D eigenvalue weighted by atomic mass is 19.1. The van der Waals surface area contributed by atoms with Gasteiger partial charge in [-0.1, -0.05) is 0 Å². The highest BCUT2D eigenvalue weighted by molar-refractivity contribution is 5.12. The van der Waals surface area contributed by atoms with E-state index in [4.69, 9.17) is 4.74 Å². The van der Waals surface area contributed by atoms with E-state index in [1.807, 2.05) is 13.8 Å². The Morgan fingerprint density at radius 3 is 2.73 bits per heavy atom. The Bertz CT molecular complexity index is 172. The van der Waals surface area contributed by atoms with Gasteiger partial charge in [0, 0.05) is 0 Å². The maximum atomic E-state index is 12.8. The monoisotopic (exact) mass is 158 g/mol. The van der Waals surface area contributed by atoms with Gasteiger partial charge < -0.3 is 4.74 Å². The van der Waals surface area contributed by atoms with Crippen LogP contribution < -0.4 is 0 Å². The molecule has 64 valence electrons. The van der Waals surface area contributed by atoms with Crippen molar-refractivity contribution in [3.63, 3.8) is 0 Å². The van der Waals surface area contributed by atoms with Gasteiger partial charge in [-0.3, -0.25) is 0 Å². The van der Waals surface area contributed by atoms with Crippen LogP contribution >= 0.6 is 0 Å². The number of hydrogen-bond donors (Lipinski definition) is 0. The summed E-state index contributed by atoms with van der Waals surface area (Å²) in [6.07, 6.45) is 1.23. The van der Waals surface area contributed by atoms with Gasteiger partial charge in [-0.15, -0.1) is 0 Å². The molecule has 0 aliphatic carbocycles. The molecule has 1 nitrogen and oxygen atoms in total. The Labute approximate surface area is 67.2 Å². The zero-order valence-electron chi connectivity index (χ0n) is 7.36. The van der Waals surface area contributed by atoms with Crippen LogP contribution in [0.5, 0.6) is 0 Å². The summed E-state index contributed by atoms with van der Waals surface area (Å²) in [7, 11) is 0. The van der Waals surface area contributed by atoms with Gasteiger partial charge in [0.25, 0.3) is 0 Å². The predicted octanol–water partition coefficient (Wildman–Crippen LogP) is 2.82. The van der Waals surface area contributed by atoms with Crippen LogP contribution in [0.25, 0.3) is 0 Å².